The summed E-state index contributed by atoms with van der Waals surface area (Å²) >= 11 is 0. The first-order chi connectivity index (χ1) is 10.7. The summed E-state index contributed by atoms with van der Waals surface area (Å²) in [7, 11) is 0. The smallest absolute Gasteiger partial charge is 0.254 e. The van der Waals surface area contributed by atoms with Crippen molar-refractivity contribution in [1.29, 1.82) is 0 Å². The van der Waals surface area contributed by atoms with Crippen molar-refractivity contribution < 1.29 is 9.18 Å². The number of H-pyrrole nitrogens is 1. The van der Waals surface area contributed by atoms with Crippen LogP contribution >= 0.6 is 0 Å². The van der Waals surface area contributed by atoms with E-state index in [0.29, 0.717) is 18.7 Å². The van der Waals surface area contributed by atoms with Crippen LogP contribution in [0.4, 0.5) is 4.39 Å². The SMILES string of the molecule is O=C(c1cccc(F)c1)N1CC(c2nc3ccccc3[nH]2)C1. The second-order valence-electron chi connectivity index (χ2n) is 5.56. The summed E-state index contributed by atoms with van der Waals surface area (Å²) in [5.74, 6) is 0.599. The molecule has 1 N–H and O–H groups in total. The van der Waals surface area contributed by atoms with Gasteiger partial charge < -0.3 is 9.88 Å². The highest BCUT2D eigenvalue weighted by molar-refractivity contribution is 5.94. The number of aromatic nitrogens is 2. The van der Waals surface area contributed by atoms with E-state index in [1.165, 1.54) is 12.1 Å². The third-order valence-electron chi connectivity index (χ3n) is 4.03. The molecule has 0 atom stereocenters. The number of carbonyl (C=O) groups is 1. The van der Waals surface area contributed by atoms with E-state index in [1.54, 1.807) is 17.0 Å². The normalized spacial score (nSPS) is 15.0. The summed E-state index contributed by atoms with van der Waals surface area (Å²) in [5.41, 5.74) is 2.34. The predicted molar refractivity (Wildman–Crippen MR) is 81.1 cm³/mol. The number of nitrogens with one attached hydrogen (secondary N) is 1. The van der Waals surface area contributed by atoms with Crippen LogP contribution in [0.5, 0.6) is 0 Å². The first-order valence-electron chi connectivity index (χ1n) is 7.20. The van der Waals surface area contributed by atoms with Gasteiger partial charge in [-0.15, -0.1) is 0 Å². The van der Waals surface area contributed by atoms with Gasteiger partial charge in [-0.3, -0.25) is 4.79 Å². The van der Waals surface area contributed by atoms with Crippen LogP contribution in [-0.2, 0) is 0 Å². The second-order valence-corrected chi connectivity index (χ2v) is 5.56. The van der Waals surface area contributed by atoms with Crippen molar-refractivity contribution in [2.45, 2.75) is 5.92 Å². The van der Waals surface area contributed by atoms with E-state index in [4.69, 9.17) is 0 Å². The molecule has 2 aromatic carbocycles. The van der Waals surface area contributed by atoms with Crippen LogP contribution in [0, 0.1) is 5.82 Å². The van der Waals surface area contributed by atoms with Crippen molar-refractivity contribution in [3.8, 4) is 0 Å². The molecule has 0 spiro atoms. The van der Waals surface area contributed by atoms with Crippen molar-refractivity contribution in [1.82, 2.24) is 14.9 Å². The zero-order valence-electron chi connectivity index (χ0n) is 11.8. The fourth-order valence-corrected chi connectivity index (χ4v) is 2.79. The van der Waals surface area contributed by atoms with Crippen LogP contribution in [0.2, 0.25) is 0 Å². The Morgan fingerprint density at radius 1 is 1.18 bits per heavy atom. The van der Waals surface area contributed by atoms with E-state index in [0.717, 1.165) is 16.9 Å². The molecule has 0 radical (unpaired) electrons. The van der Waals surface area contributed by atoms with E-state index >= 15 is 0 Å². The van der Waals surface area contributed by atoms with Gasteiger partial charge in [0.15, 0.2) is 0 Å². The van der Waals surface area contributed by atoms with Gasteiger partial charge in [0.25, 0.3) is 5.91 Å². The highest BCUT2D eigenvalue weighted by atomic mass is 19.1. The number of para-hydroxylation sites is 2. The van der Waals surface area contributed by atoms with Gasteiger partial charge in [-0.25, -0.2) is 9.37 Å². The number of hydrogen-bond acceptors (Lipinski definition) is 2. The van der Waals surface area contributed by atoms with Crippen molar-refractivity contribution in [3.05, 3.63) is 65.7 Å². The molecule has 0 aliphatic carbocycles. The van der Waals surface area contributed by atoms with Gasteiger partial charge in [-0.1, -0.05) is 18.2 Å². The third-order valence-corrected chi connectivity index (χ3v) is 4.03. The lowest BCUT2D eigenvalue weighted by Gasteiger charge is -2.38. The lowest BCUT2D eigenvalue weighted by atomic mass is 9.98. The Labute approximate surface area is 126 Å². The standard InChI is InChI=1S/C17H14FN3O/c18-13-5-3-4-11(8-13)17(22)21-9-12(10-21)16-19-14-6-1-2-7-15(14)20-16/h1-8,12H,9-10H2,(H,19,20). The number of likely N-dealkylation sites (tertiary alicyclic amines) is 1. The largest absolute Gasteiger partial charge is 0.342 e. The predicted octanol–water partition coefficient (Wildman–Crippen LogP) is 2.94. The molecular formula is C17H14FN3O. The van der Waals surface area contributed by atoms with Gasteiger partial charge in [0.05, 0.1) is 17.0 Å². The zero-order chi connectivity index (χ0) is 15.1. The maximum Gasteiger partial charge on any atom is 0.254 e. The zero-order valence-corrected chi connectivity index (χ0v) is 11.8. The van der Waals surface area contributed by atoms with Crippen LogP contribution in [0.3, 0.4) is 0 Å². The molecule has 5 heteroatoms. The minimum atomic E-state index is -0.389. The minimum absolute atomic E-state index is 0.133. The van der Waals surface area contributed by atoms with Crippen LogP contribution < -0.4 is 0 Å². The van der Waals surface area contributed by atoms with Gasteiger partial charge >= 0.3 is 0 Å². The summed E-state index contributed by atoms with van der Waals surface area (Å²) in [6.45, 7) is 1.21. The molecule has 0 unspecified atom stereocenters. The topological polar surface area (TPSA) is 49.0 Å². The molecule has 1 fully saturated rings. The molecule has 1 aliphatic heterocycles. The highest BCUT2D eigenvalue weighted by Gasteiger charge is 2.34. The Balaban J connectivity index is 1.48. The van der Waals surface area contributed by atoms with Gasteiger partial charge in [0.1, 0.15) is 11.6 Å². The maximum atomic E-state index is 13.2. The Hall–Kier alpha value is -2.69. The number of aromatic amines is 1. The fraction of sp³-hybridized carbons (Fsp3) is 0.176. The minimum Gasteiger partial charge on any atom is -0.342 e. The lowest BCUT2D eigenvalue weighted by Crippen LogP contribution is -2.48. The molecule has 1 aliphatic rings. The van der Waals surface area contributed by atoms with E-state index in [1.807, 2.05) is 24.3 Å². The van der Waals surface area contributed by atoms with Crippen molar-refractivity contribution in [3.63, 3.8) is 0 Å². The number of nitrogens with zero attached hydrogens (tertiary/aromatic N) is 2. The molecule has 110 valence electrons. The van der Waals surface area contributed by atoms with Crippen molar-refractivity contribution in [2.24, 2.45) is 0 Å². The molecule has 1 aromatic heterocycles. The maximum absolute atomic E-state index is 13.2. The lowest BCUT2D eigenvalue weighted by molar-refractivity contribution is 0.0595. The van der Waals surface area contributed by atoms with Crippen LogP contribution in [0.15, 0.2) is 48.5 Å². The van der Waals surface area contributed by atoms with Crippen molar-refractivity contribution >= 4 is 16.9 Å². The third kappa shape index (κ3) is 2.15. The summed E-state index contributed by atoms with van der Waals surface area (Å²) in [6.07, 6.45) is 0. The molecular weight excluding hydrogens is 281 g/mol. The molecule has 1 saturated heterocycles. The summed E-state index contributed by atoms with van der Waals surface area (Å²) in [6, 6.07) is 13.7. The number of rotatable bonds is 2. The number of carbonyl (C=O) groups excluding carboxylic acids is 1. The van der Waals surface area contributed by atoms with Gasteiger partial charge in [0, 0.05) is 18.7 Å². The first kappa shape index (κ1) is 13.0. The first-order valence-corrected chi connectivity index (χ1v) is 7.20. The molecule has 0 bridgehead atoms. The Morgan fingerprint density at radius 2 is 2.00 bits per heavy atom. The second kappa shape index (κ2) is 4.94. The van der Waals surface area contributed by atoms with E-state index in [2.05, 4.69) is 9.97 Å². The number of amides is 1. The van der Waals surface area contributed by atoms with E-state index in [9.17, 15) is 9.18 Å². The molecule has 0 saturated carbocycles. The number of fused-ring (bicyclic) bond motifs is 1. The number of benzene rings is 2. The van der Waals surface area contributed by atoms with Crippen molar-refractivity contribution in [2.75, 3.05) is 13.1 Å². The van der Waals surface area contributed by atoms with Gasteiger partial charge in [0.2, 0.25) is 0 Å². The number of halogens is 1. The summed E-state index contributed by atoms with van der Waals surface area (Å²) < 4.78 is 13.2. The Bertz CT molecular complexity index is 819. The average Bonchev–Trinajstić information content (AvgIpc) is 2.89. The number of hydrogen-bond donors (Lipinski definition) is 1. The molecule has 22 heavy (non-hydrogen) atoms. The quantitative estimate of drug-likeness (QED) is 0.790. The van der Waals surface area contributed by atoms with Crippen LogP contribution in [-0.4, -0.2) is 33.9 Å². The average molecular weight is 295 g/mol. The fourth-order valence-electron chi connectivity index (χ4n) is 2.79. The van der Waals surface area contributed by atoms with Gasteiger partial charge in [-0.05, 0) is 30.3 Å². The van der Waals surface area contributed by atoms with E-state index < -0.39 is 0 Å². The van der Waals surface area contributed by atoms with E-state index in [-0.39, 0.29) is 17.6 Å². The van der Waals surface area contributed by atoms with Crippen LogP contribution in [0.1, 0.15) is 22.1 Å². The molecule has 1 amide bonds. The molecule has 4 rings (SSSR count). The van der Waals surface area contributed by atoms with Gasteiger partial charge in [-0.2, -0.15) is 0 Å². The monoisotopic (exact) mass is 295 g/mol. The summed E-state index contributed by atoms with van der Waals surface area (Å²) in [5, 5.41) is 0. The molecule has 2 heterocycles. The van der Waals surface area contributed by atoms with Crippen LogP contribution in [0.25, 0.3) is 11.0 Å². The summed E-state index contributed by atoms with van der Waals surface area (Å²) in [4.78, 5) is 21.8. The molecule has 3 aromatic rings. The Kier molecular flexibility index (Phi) is 2.92. The Morgan fingerprint density at radius 3 is 2.77 bits per heavy atom. The molecule has 4 nitrogen and oxygen atoms in total. The number of imidazole rings is 1. The highest BCUT2D eigenvalue weighted by Crippen LogP contribution is 2.28.